The van der Waals surface area contributed by atoms with Crippen molar-refractivity contribution in [3.8, 4) is 0 Å². The van der Waals surface area contributed by atoms with E-state index in [1.807, 2.05) is 0 Å². The highest BCUT2D eigenvalue weighted by Gasteiger charge is 2.54. The minimum absolute atomic E-state index is 0.260. The number of halogens is 2. The molecule has 0 radical (unpaired) electrons. The number of carbonyl (C=O) groups is 2. The third-order valence-electron chi connectivity index (χ3n) is 3.54. The smallest absolute Gasteiger partial charge is 0.342 e. The Labute approximate surface area is 128 Å². The van der Waals surface area contributed by atoms with E-state index >= 15 is 0 Å². The molecule has 22 heavy (non-hydrogen) atoms. The van der Waals surface area contributed by atoms with Gasteiger partial charge in [-0.3, -0.25) is 4.79 Å². The maximum Gasteiger partial charge on any atom is 0.342 e. The second-order valence-electron chi connectivity index (χ2n) is 5.34. The number of β-lactam (4-membered cyclic amide) rings is 1. The number of hydrogen-bond acceptors (Lipinski definition) is 3. The van der Waals surface area contributed by atoms with Crippen molar-refractivity contribution in [3.63, 3.8) is 0 Å². The molecule has 0 saturated carbocycles. The average molecular weight is 311 g/mol. The van der Waals surface area contributed by atoms with Gasteiger partial charge in [0.05, 0.1) is 18.7 Å². The zero-order valence-corrected chi connectivity index (χ0v) is 12.5. The van der Waals surface area contributed by atoms with Gasteiger partial charge in [-0.25, -0.2) is 4.79 Å². The van der Waals surface area contributed by atoms with Crippen LogP contribution in [0.25, 0.3) is 0 Å². The summed E-state index contributed by atoms with van der Waals surface area (Å²) < 4.78 is 31.0. The van der Waals surface area contributed by atoms with E-state index in [9.17, 15) is 18.4 Å². The highest BCUT2D eigenvalue weighted by atomic mass is 19.3. The van der Waals surface area contributed by atoms with Crippen molar-refractivity contribution in [1.29, 1.82) is 0 Å². The standard InChI is InChI=1S/C16H19F2NO3/c1-2-3-4-5-9-22-14(20)12-7-6-8-13(10-12)19-11-16(17,18)15(19)21/h6-8,10H,2-5,9,11H2,1H3. The molecule has 2 rings (SSSR count). The Bertz CT molecular complexity index is 560. The number of anilines is 1. The van der Waals surface area contributed by atoms with Crippen LogP contribution in [-0.4, -0.2) is 31.0 Å². The lowest BCUT2D eigenvalue weighted by atomic mass is 10.1. The van der Waals surface area contributed by atoms with Crippen LogP contribution in [0.2, 0.25) is 0 Å². The molecule has 1 aliphatic heterocycles. The number of esters is 1. The van der Waals surface area contributed by atoms with E-state index in [0.717, 1.165) is 30.6 Å². The predicted molar refractivity (Wildman–Crippen MR) is 78.2 cm³/mol. The van der Waals surface area contributed by atoms with Gasteiger partial charge in [0, 0.05) is 5.69 Å². The van der Waals surface area contributed by atoms with Gasteiger partial charge < -0.3 is 9.64 Å². The van der Waals surface area contributed by atoms with Crippen molar-refractivity contribution in [2.45, 2.75) is 38.5 Å². The number of rotatable bonds is 7. The number of alkyl halides is 2. The normalized spacial score (nSPS) is 16.3. The molecule has 0 spiro atoms. The van der Waals surface area contributed by atoms with E-state index in [0.29, 0.717) is 6.61 Å². The number of unbranched alkanes of at least 4 members (excludes halogenated alkanes) is 3. The summed E-state index contributed by atoms with van der Waals surface area (Å²) in [5, 5.41) is 0. The summed E-state index contributed by atoms with van der Waals surface area (Å²) in [5.41, 5.74) is 0.548. The molecule has 1 saturated heterocycles. The molecule has 4 nitrogen and oxygen atoms in total. The first kappa shape index (κ1) is 16.4. The van der Waals surface area contributed by atoms with Crippen LogP contribution in [0.15, 0.2) is 24.3 Å². The second-order valence-corrected chi connectivity index (χ2v) is 5.34. The molecule has 0 bridgehead atoms. The van der Waals surface area contributed by atoms with Gasteiger partial charge in [0.15, 0.2) is 0 Å². The summed E-state index contributed by atoms with van der Waals surface area (Å²) in [6.07, 6.45) is 4.00. The fourth-order valence-corrected chi connectivity index (χ4v) is 2.23. The first-order valence-corrected chi connectivity index (χ1v) is 7.42. The van der Waals surface area contributed by atoms with Gasteiger partial charge in [-0.1, -0.05) is 32.3 Å². The topological polar surface area (TPSA) is 46.6 Å². The summed E-state index contributed by atoms with van der Waals surface area (Å²) in [5.74, 6) is -5.04. The maximum atomic E-state index is 12.9. The molecule has 1 aromatic carbocycles. The van der Waals surface area contributed by atoms with Crippen LogP contribution in [0.1, 0.15) is 43.0 Å². The quantitative estimate of drug-likeness (QED) is 0.440. The molecular formula is C16H19F2NO3. The van der Waals surface area contributed by atoms with E-state index in [2.05, 4.69) is 6.92 Å². The fourth-order valence-electron chi connectivity index (χ4n) is 2.23. The summed E-state index contributed by atoms with van der Waals surface area (Å²) in [4.78, 5) is 24.1. The highest BCUT2D eigenvalue weighted by Crippen LogP contribution is 2.33. The monoisotopic (exact) mass is 311 g/mol. The van der Waals surface area contributed by atoms with Crippen LogP contribution in [0.5, 0.6) is 0 Å². The van der Waals surface area contributed by atoms with E-state index in [1.54, 1.807) is 12.1 Å². The molecular weight excluding hydrogens is 292 g/mol. The van der Waals surface area contributed by atoms with Crippen molar-refractivity contribution < 1.29 is 23.1 Å². The van der Waals surface area contributed by atoms with Gasteiger partial charge in [-0.2, -0.15) is 8.78 Å². The summed E-state index contributed by atoms with van der Waals surface area (Å²) in [6, 6.07) is 6.01. The number of hydrogen-bond donors (Lipinski definition) is 0. The van der Waals surface area contributed by atoms with Crippen molar-refractivity contribution in [1.82, 2.24) is 0 Å². The average Bonchev–Trinajstić information content (AvgIpc) is 2.52. The molecule has 6 heteroatoms. The lowest BCUT2D eigenvalue weighted by molar-refractivity contribution is -0.152. The zero-order valence-electron chi connectivity index (χ0n) is 12.5. The minimum atomic E-state index is -3.30. The molecule has 1 heterocycles. The Morgan fingerprint density at radius 1 is 1.32 bits per heavy atom. The second kappa shape index (κ2) is 6.85. The number of amides is 1. The van der Waals surface area contributed by atoms with Crippen LogP contribution in [0, 0.1) is 0 Å². The Kier molecular flexibility index (Phi) is 5.11. The van der Waals surface area contributed by atoms with Crippen molar-refractivity contribution in [2.24, 2.45) is 0 Å². The molecule has 0 unspecified atom stereocenters. The maximum absolute atomic E-state index is 12.9. The molecule has 0 atom stereocenters. The Morgan fingerprint density at radius 2 is 2.09 bits per heavy atom. The third-order valence-corrected chi connectivity index (χ3v) is 3.54. The van der Waals surface area contributed by atoms with Crippen molar-refractivity contribution in [3.05, 3.63) is 29.8 Å². The van der Waals surface area contributed by atoms with Gasteiger partial charge in [-0.15, -0.1) is 0 Å². The largest absolute Gasteiger partial charge is 0.462 e. The van der Waals surface area contributed by atoms with Crippen LogP contribution in [-0.2, 0) is 9.53 Å². The zero-order chi connectivity index (χ0) is 16.2. The van der Waals surface area contributed by atoms with Crippen molar-refractivity contribution in [2.75, 3.05) is 18.1 Å². The first-order chi connectivity index (χ1) is 10.5. The molecule has 1 fully saturated rings. The Balaban J connectivity index is 1.91. The summed E-state index contributed by atoms with van der Waals surface area (Å²) in [6.45, 7) is 1.78. The van der Waals surface area contributed by atoms with E-state index in [1.165, 1.54) is 12.1 Å². The van der Waals surface area contributed by atoms with Gasteiger partial charge in [-0.05, 0) is 24.6 Å². The summed E-state index contributed by atoms with van der Waals surface area (Å²) in [7, 11) is 0. The van der Waals surface area contributed by atoms with Crippen molar-refractivity contribution >= 4 is 17.6 Å². The first-order valence-electron chi connectivity index (χ1n) is 7.42. The van der Waals surface area contributed by atoms with Crippen LogP contribution >= 0.6 is 0 Å². The lowest BCUT2D eigenvalue weighted by Gasteiger charge is -2.37. The minimum Gasteiger partial charge on any atom is -0.462 e. The number of carbonyl (C=O) groups excluding carboxylic acids is 2. The fraction of sp³-hybridized carbons (Fsp3) is 0.500. The van der Waals surface area contributed by atoms with Crippen LogP contribution < -0.4 is 4.90 Å². The molecule has 120 valence electrons. The predicted octanol–water partition coefficient (Wildman–Crippen LogP) is 3.41. The van der Waals surface area contributed by atoms with Crippen LogP contribution in [0.4, 0.5) is 14.5 Å². The molecule has 0 aromatic heterocycles. The van der Waals surface area contributed by atoms with Gasteiger partial charge in [0.25, 0.3) is 5.91 Å². The van der Waals surface area contributed by atoms with Crippen LogP contribution in [0.3, 0.4) is 0 Å². The van der Waals surface area contributed by atoms with E-state index < -0.39 is 24.3 Å². The molecule has 1 amide bonds. The van der Waals surface area contributed by atoms with Gasteiger partial charge in [0.2, 0.25) is 0 Å². The molecule has 1 aromatic rings. The number of nitrogens with zero attached hydrogens (tertiary/aromatic N) is 1. The number of ether oxygens (including phenoxy) is 1. The van der Waals surface area contributed by atoms with Gasteiger partial charge in [0.1, 0.15) is 0 Å². The highest BCUT2D eigenvalue weighted by molar-refractivity contribution is 6.06. The van der Waals surface area contributed by atoms with Gasteiger partial charge >= 0.3 is 11.9 Å². The molecule has 0 aliphatic carbocycles. The molecule has 1 aliphatic rings. The SMILES string of the molecule is CCCCCCOC(=O)c1cccc(N2CC(F)(F)C2=O)c1. The third kappa shape index (κ3) is 3.61. The Hall–Kier alpha value is -1.98. The molecule has 0 N–H and O–H groups in total. The van der Waals surface area contributed by atoms with E-state index in [-0.39, 0.29) is 11.3 Å². The summed E-state index contributed by atoms with van der Waals surface area (Å²) >= 11 is 0. The number of benzene rings is 1. The Morgan fingerprint density at radius 3 is 2.73 bits per heavy atom. The van der Waals surface area contributed by atoms with E-state index in [4.69, 9.17) is 4.74 Å². The lowest BCUT2D eigenvalue weighted by Crippen LogP contribution is -2.62.